The van der Waals surface area contributed by atoms with Crippen LogP contribution < -0.4 is 5.32 Å². The Kier molecular flexibility index (Phi) is 3.58. The summed E-state index contributed by atoms with van der Waals surface area (Å²) in [6, 6.07) is 0.290. The third kappa shape index (κ3) is 2.74. The van der Waals surface area contributed by atoms with Gasteiger partial charge in [-0.25, -0.2) is 0 Å². The molecule has 2 aromatic heterocycles. The number of hydrogen-bond acceptors (Lipinski definition) is 3. The van der Waals surface area contributed by atoms with Gasteiger partial charge in [-0.1, -0.05) is 6.92 Å². The highest BCUT2D eigenvalue weighted by atomic mass is 15.3. The molecule has 2 heterocycles. The Bertz CT molecular complexity index is 457. The molecule has 2 rings (SSSR count). The Balaban J connectivity index is 1.97. The third-order valence-electron chi connectivity index (χ3n) is 2.94. The molecule has 0 aliphatic heterocycles. The second-order valence-corrected chi connectivity index (χ2v) is 4.26. The summed E-state index contributed by atoms with van der Waals surface area (Å²) in [5.74, 6) is 0. The highest BCUT2D eigenvalue weighted by Crippen LogP contribution is 2.12. The van der Waals surface area contributed by atoms with Crippen LogP contribution in [0, 0.1) is 0 Å². The van der Waals surface area contributed by atoms with E-state index >= 15 is 0 Å². The lowest BCUT2D eigenvalue weighted by Crippen LogP contribution is -2.18. The normalized spacial score (nSPS) is 12.9. The summed E-state index contributed by atoms with van der Waals surface area (Å²) in [5.41, 5.74) is 3.61. The predicted molar refractivity (Wildman–Crippen MR) is 66.4 cm³/mol. The first kappa shape index (κ1) is 11.9. The fraction of sp³-hybridized carbons (Fsp3) is 0.500. The summed E-state index contributed by atoms with van der Waals surface area (Å²) < 4.78 is 1.87. The second-order valence-electron chi connectivity index (χ2n) is 4.26. The van der Waals surface area contributed by atoms with E-state index < -0.39 is 0 Å². The van der Waals surface area contributed by atoms with Gasteiger partial charge in [-0.15, -0.1) is 0 Å². The van der Waals surface area contributed by atoms with E-state index in [0.29, 0.717) is 6.04 Å². The first-order valence-corrected chi connectivity index (χ1v) is 5.94. The maximum Gasteiger partial charge on any atom is 0.0666 e. The van der Waals surface area contributed by atoms with E-state index in [4.69, 9.17) is 0 Å². The van der Waals surface area contributed by atoms with Crippen LogP contribution in [0.15, 0.2) is 18.6 Å². The largest absolute Gasteiger partial charge is 0.306 e. The van der Waals surface area contributed by atoms with Gasteiger partial charge >= 0.3 is 0 Å². The van der Waals surface area contributed by atoms with Gasteiger partial charge in [0.15, 0.2) is 0 Å². The summed E-state index contributed by atoms with van der Waals surface area (Å²) in [6.45, 7) is 5.10. The van der Waals surface area contributed by atoms with E-state index in [2.05, 4.69) is 40.7 Å². The minimum Gasteiger partial charge on any atom is -0.306 e. The topological polar surface area (TPSA) is 58.5 Å². The first-order chi connectivity index (χ1) is 8.20. The molecule has 1 atom stereocenters. The Labute approximate surface area is 101 Å². The van der Waals surface area contributed by atoms with E-state index in [9.17, 15) is 0 Å². The molecule has 0 amide bonds. The molecule has 1 unspecified atom stereocenters. The number of nitrogens with one attached hydrogen (secondary N) is 2. The van der Waals surface area contributed by atoms with Crippen molar-refractivity contribution in [3.63, 3.8) is 0 Å². The van der Waals surface area contributed by atoms with E-state index in [-0.39, 0.29) is 0 Å². The third-order valence-corrected chi connectivity index (χ3v) is 2.94. The van der Waals surface area contributed by atoms with Gasteiger partial charge in [-0.05, 0) is 13.3 Å². The molecule has 92 valence electrons. The summed E-state index contributed by atoms with van der Waals surface area (Å²) in [5, 5.41) is 14.7. The van der Waals surface area contributed by atoms with Crippen LogP contribution in [-0.2, 0) is 20.0 Å². The van der Waals surface area contributed by atoms with Crippen LogP contribution in [0.2, 0.25) is 0 Å². The number of aryl methyl sites for hydroxylation is 2. The summed E-state index contributed by atoms with van der Waals surface area (Å²) >= 11 is 0. The highest BCUT2D eigenvalue weighted by molar-refractivity contribution is 5.17. The maximum atomic E-state index is 4.43. The highest BCUT2D eigenvalue weighted by Gasteiger charge is 2.09. The van der Waals surface area contributed by atoms with E-state index in [1.165, 1.54) is 16.8 Å². The van der Waals surface area contributed by atoms with Crippen molar-refractivity contribution < 1.29 is 0 Å². The Hall–Kier alpha value is -1.62. The molecule has 0 saturated carbocycles. The maximum absolute atomic E-state index is 4.43. The van der Waals surface area contributed by atoms with Crippen LogP contribution in [0.25, 0.3) is 0 Å². The van der Waals surface area contributed by atoms with E-state index in [0.717, 1.165) is 13.0 Å². The zero-order valence-corrected chi connectivity index (χ0v) is 10.6. The van der Waals surface area contributed by atoms with Gasteiger partial charge < -0.3 is 5.32 Å². The smallest absolute Gasteiger partial charge is 0.0666 e. The van der Waals surface area contributed by atoms with Crippen LogP contribution >= 0.6 is 0 Å². The van der Waals surface area contributed by atoms with Crippen molar-refractivity contribution in [3.8, 4) is 0 Å². The Morgan fingerprint density at radius 3 is 3.00 bits per heavy atom. The number of rotatable bonds is 5. The van der Waals surface area contributed by atoms with E-state index in [1.807, 2.05) is 24.1 Å². The molecule has 0 saturated heterocycles. The number of H-pyrrole nitrogens is 1. The van der Waals surface area contributed by atoms with Gasteiger partial charge in [0.25, 0.3) is 0 Å². The molecule has 0 aliphatic rings. The van der Waals surface area contributed by atoms with Crippen molar-refractivity contribution >= 4 is 0 Å². The van der Waals surface area contributed by atoms with Crippen molar-refractivity contribution in [2.45, 2.75) is 32.9 Å². The molecule has 17 heavy (non-hydrogen) atoms. The number of hydrogen-bond donors (Lipinski definition) is 2. The number of aromatic amines is 1. The van der Waals surface area contributed by atoms with Gasteiger partial charge in [0, 0.05) is 43.2 Å². The molecule has 5 heteroatoms. The lowest BCUT2D eigenvalue weighted by Gasteiger charge is -2.11. The Morgan fingerprint density at radius 2 is 2.35 bits per heavy atom. The van der Waals surface area contributed by atoms with Crippen molar-refractivity contribution in [2.24, 2.45) is 7.05 Å². The Morgan fingerprint density at radius 1 is 1.53 bits per heavy atom. The van der Waals surface area contributed by atoms with Gasteiger partial charge in [0.1, 0.15) is 0 Å². The number of nitrogens with zero attached hydrogens (tertiary/aromatic N) is 3. The van der Waals surface area contributed by atoms with Crippen molar-refractivity contribution in [1.82, 2.24) is 25.3 Å². The lowest BCUT2D eigenvalue weighted by molar-refractivity contribution is 0.572. The average Bonchev–Trinajstić information content (AvgIpc) is 2.94. The minimum absolute atomic E-state index is 0.290. The molecule has 0 fully saturated rings. The van der Waals surface area contributed by atoms with Crippen molar-refractivity contribution in [1.29, 1.82) is 0 Å². The summed E-state index contributed by atoms with van der Waals surface area (Å²) in [4.78, 5) is 0. The first-order valence-electron chi connectivity index (χ1n) is 5.94. The SMILES string of the molecule is CCc1nn(C)cc1CNC(C)c1cn[nH]c1. The van der Waals surface area contributed by atoms with Crippen molar-refractivity contribution in [3.05, 3.63) is 35.4 Å². The van der Waals surface area contributed by atoms with Gasteiger partial charge in [0.2, 0.25) is 0 Å². The molecule has 0 bridgehead atoms. The van der Waals surface area contributed by atoms with Crippen LogP contribution in [-0.4, -0.2) is 20.0 Å². The minimum atomic E-state index is 0.290. The standard InChI is InChI=1S/C12H19N5/c1-4-12-11(8-17(3)16-12)5-13-9(2)10-6-14-15-7-10/h6-9,13H,4-5H2,1-3H3,(H,14,15). The molecule has 0 spiro atoms. The average molecular weight is 233 g/mol. The molecular formula is C12H19N5. The quantitative estimate of drug-likeness (QED) is 0.824. The predicted octanol–water partition coefficient (Wildman–Crippen LogP) is 1.56. The van der Waals surface area contributed by atoms with Crippen LogP contribution in [0.4, 0.5) is 0 Å². The fourth-order valence-corrected chi connectivity index (χ4v) is 1.91. The zero-order valence-electron chi connectivity index (χ0n) is 10.6. The molecule has 0 radical (unpaired) electrons. The monoisotopic (exact) mass is 233 g/mol. The lowest BCUT2D eigenvalue weighted by atomic mass is 10.1. The molecule has 0 aliphatic carbocycles. The summed E-state index contributed by atoms with van der Waals surface area (Å²) in [7, 11) is 1.96. The second kappa shape index (κ2) is 5.14. The number of aromatic nitrogens is 4. The zero-order chi connectivity index (χ0) is 12.3. The molecule has 5 nitrogen and oxygen atoms in total. The van der Waals surface area contributed by atoms with Gasteiger partial charge in [0.05, 0.1) is 11.9 Å². The molecule has 2 aromatic rings. The summed E-state index contributed by atoms with van der Waals surface area (Å²) in [6.07, 6.45) is 6.81. The van der Waals surface area contributed by atoms with Crippen molar-refractivity contribution in [2.75, 3.05) is 0 Å². The molecule has 0 aromatic carbocycles. The van der Waals surface area contributed by atoms with Crippen LogP contribution in [0.3, 0.4) is 0 Å². The van der Waals surface area contributed by atoms with Crippen LogP contribution in [0.1, 0.15) is 36.7 Å². The fourth-order valence-electron chi connectivity index (χ4n) is 1.91. The van der Waals surface area contributed by atoms with E-state index in [1.54, 1.807) is 0 Å². The molecule has 2 N–H and O–H groups in total. The molecular weight excluding hydrogens is 214 g/mol. The van der Waals surface area contributed by atoms with Crippen LogP contribution in [0.5, 0.6) is 0 Å². The van der Waals surface area contributed by atoms with Gasteiger partial charge in [-0.2, -0.15) is 10.2 Å². The van der Waals surface area contributed by atoms with Gasteiger partial charge in [-0.3, -0.25) is 9.78 Å².